The Morgan fingerprint density at radius 1 is 1.39 bits per heavy atom. The number of ether oxygens (including phenoxy) is 1. The van der Waals surface area contributed by atoms with E-state index in [0.29, 0.717) is 12.6 Å². The van der Waals surface area contributed by atoms with E-state index >= 15 is 0 Å². The molecule has 18 heavy (non-hydrogen) atoms. The van der Waals surface area contributed by atoms with Gasteiger partial charge in [0.05, 0.1) is 0 Å². The molecule has 0 amide bonds. The standard InChI is InChI=1S/C16H23NO/c1-5-7-11-18-16-9-8-15(12-13(16)3)14(4)17-10-6-2/h8-9,12,14,17H,6,10-11H2,1-4H3. The van der Waals surface area contributed by atoms with Crippen molar-refractivity contribution in [2.45, 2.75) is 40.2 Å². The minimum atomic E-state index is 0.383. The summed E-state index contributed by atoms with van der Waals surface area (Å²) in [7, 11) is 0. The van der Waals surface area contributed by atoms with E-state index in [1.807, 2.05) is 13.0 Å². The number of nitrogens with one attached hydrogen (secondary N) is 1. The summed E-state index contributed by atoms with van der Waals surface area (Å²) < 4.78 is 5.60. The molecule has 1 atom stereocenters. The quantitative estimate of drug-likeness (QED) is 0.775. The third kappa shape index (κ3) is 4.43. The van der Waals surface area contributed by atoms with E-state index in [9.17, 15) is 0 Å². The molecule has 0 aliphatic carbocycles. The molecule has 0 heterocycles. The van der Waals surface area contributed by atoms with Crippen molar-refractivity contribution in [3.63, 3.8) is 0 Å². The molecule has 1 unspecified atom stereocenters. The van der Waals surface area contributed by atoms with Crippen LogP contribution in [0.5, 0.6) is 5.75 Å². The van der Waals surface area contributed by atoms with Crippen LogP contribution in [0.1, 0.15) is 44.4 Å². The summed E-state index contributed by atoms with van der Waals surface area (Å²) >= 11 is 0. The number of hydrogen-bond donors (Lipinski definition) is 1. The van der Waals surface area contributed by atoms with Gasteiger partial charge < -0.3 is 10.1 Å². The molecule has 2 heteroatoms. The summed E-state index contributed by atoms with van der Waals surface area (Å²) in [6.45, 7) is 9.76. The van der Waals surface area contributed by atoms with Crippen molar-refractivity contribution in [1.82, 2.24) is 5.32 Å². The van der Waals surface area contributed by atoms with E-state index in [1.165, 1.54) is 5.56 Å². The molecule has 0 aromatic heterocycles. The van der Waals surface area contributed by atoms with Crippen LogP contribution >= 0.6 is 0 Å². The molecule has 2 nitrogen and oxygen atoms in total. The first kappa shape index (κ1) is 14.6. The number of hydrogen-bond acceptors (Lipinski definition) is 2. The Morgan fingerprint density at radius 2 is 2.17 bits per heavy atom. The highest BCUT2D eigenvalue weighted by atomic mass is 16.5. The van der Waals surface area contributed by atoms with Crippen LogP contribution in [-0.2, 0) is 0 Å². The summed E-state index contributed by atoms with van der Waals surface area (Å²) in [5, 5.41) is 3.48. The molecule has 0 fully saturated rings. The molecule has 0 saturated heterocycles. The van der Waals surface area contributed by atoms with Gasteiger partial charge in [-0.05, 0) is 50.9 Å². The molecule has 1 aromatic carbocycles. The van der Waals surface area contributed by atoms with Crippen molar-refractivity contribution >= 4 is 0 Å². The van der Waals surface area contributed by atoms with E-state index in [-0.39, 0.29) is 0 Å². The fraction of sp³-hybridized carbons (Fsp3) is 0.500. The Hall–Kier alpha value is -1.46. The van der Waals surface area contributed by atoms with E-state index < -0.39 is 0 Å². The zero-order valence-electron chi connectivity index (χ0n) is 11.8. The molecule has 0 radical (unpaired) electrons. The second kappa shape index (κ2) is 7.79. The number of benzene rings is 1. The fourth-order valence-electron chi connectivity index (χ4n) is 1.77. The van der Waals surface area contributed by atoms with E-state index in [4.69, 9.17) is 4.74 Å². The van der Waals surface area contributed by atoms with E-state index in [1.54, 1.807) is 0 Å². The first-order valence-electron chi connectivity index (χ1n) is 6.55. The van der Waals surface area contributed by atoms with Crippen molar-refractivity contribution in [2.24, 2.45) is 0 Å². The van der Waals surface area contributed by atoms with Crippen LogP contribution in [-0.4, -0.2) is 13.2 Å². The summed E-state index contributed by atoms with van der Waals surface area (Å²) in [4.78, 5) is 0. The second-order valence-corrected chi connectivity index (χ2v) is 4.42. The van der Waals surface area contributed by atoms with Gasteiger partial charge in [0.2, 0.25) is 0 Å². The predicted octanol–water partition coefficient (Wildman–Crippen LogP) is 3.46. The van der Waals surface area contributed by atoms with Gasteiger partial charge in [-0.1, -0.05) is 25.0 Å². The normalized spacial score (nSPS) is 11.6. The topological polar surface area (TPSA) is 21.3 Å². The van der Waals surface area contributed by atoms with Crippen LogP contribution in [0, 0.1) is 18.8 Å². The number of aryl methyl sites for hydroxylation is 1. The monoisotopic (exact) mass is 245 g/mol. The van der Waals surface area contributed by atoms with Crippen LogP contribution in [0.3, 0.4) is 0 Å². The first-order valence-corrected chi connectivity index (χ1v) is 6.55. The van der Waals surface area contributed by atoms with Crippen molar-refractivity contribution < 1.29 is 4.74 Å². The average Bonchev–Trinajstić information content (AvgIpc) is 2.38. The lowest BCUT2D eigenvalue weighted by Gasteiger charge is -2.15. The van der Waals surface area contributed by atoms with Crippen LogP contribution in [0.2, 0.25) is 0 Å². The second-order valence-electron chi connectivity index (χ2n) is 4.42. The molecule has 0 aliphatic rings. The molecule has 0 saturated carbocycles. The fourth-order valence-corrected chi connectivity index (χ4v) is 1.77. The predicted molar refractivity (Wildman–Crippen MR) is 76.8 cm³/mol. The lowest BCUT2D eigenvalue weighted by atomic mass is 10.0. The summed E-state index contributed by atoms with van der Waals surface area (Å²) in [6, 6.07) is 6.72. The molecule has 0 bridgehead atoms. The van der Waals surface area contributed by atoms with Crippen LogP contribution in [0.4, 0.5) is 0 Å². The van der Waals surface area contributed by atoms with E-state index in [2.05, 4.69) is 50.1 Å². The Morgan fingerprint density at radius 3 is 2.78 bits per heavy atom. The zero-order chi connectivity index (χ0) is 13.4. The van der Waals surface area contributed by atoms with Gasteiger partial charge in [-0.25, -0.2) is 0 Å². The van der Waals surface area contributed by atoms with E-state index in [0.717, 1.165) is 24.3 Å². The van der Waals surface area contributed by atoms with Crippen molar-refractivity contribution in [1.29, 1.82) is 0 Å². The minimum absolute atomic E-state index is 0.383. The first-order chi connectivity index (χ1) is 8.69. The van der Waals surface area contributed by atoms with Gasteiger partial charge in [-0.15, -0.1) is 5.92 Å². The minimum Gasteiger partial charge on any atom is -0.481 e. The molecule has 0 spiro atoms. The van der Waals surface area contributed by atoms with Crippen LogP contribution in [0.25, 0.3) is 0 Å². The molecule has 98 valence electrons. The molecule has 1 rings (SSSR count). The molecular weight excluding hydrogens is 222 g/mol. The number of rotatable bonds is 6. The molecule has 1 N–H and O–H groups in total. The van der Waals surface area contributed by atoms with Gasteiger partial charge in [0.25, 0.3) is 0 Å². The highest BCUT2D eigenvalue weighted by Gasteiger charge is 2.06. The van der Waals surface area contributed by atoms with Gasteiger partial charge in [0.1, 0.15) is 12.4 Å². The summed E-state index contributed by atoms with van der Waals surface area (Å²) in [5.41, 5.74) is 2.46. The van der Waals surface area contributed by atoms with Gasteiger partial charge >= 0.3 is 0 Å². The Balaban J connectivity index is 2.68. The SMILES string of the molecule is CC#CCOc1ccc(C(C)NCCC)cc1C. The highest BCUT2D eigenvalue weighted by Crippen LogP contribution is 2.22. The Kier molecular flexibility index (Phi) is 6.32. The summed E-state index contributed by atoms with van der Waals surface area (Å²) in [5.74, 6) is 6.65. The average molecular weight is 245 g/mol. The zero-order valence-corrected chi connectivity index (χ0v) is 11.8. The third-order valence-corrected chi connectivity index (χ3v) is 2.88. The van der Waals surface area contributed by atoms with Gasteiger partial charge in [-0.2, -0.15) is 0 Å². The van der Waals surface area contributed by atoms with Crippen LogP contribution < -0.4 is 10.1 Å². The maximum atomic E-state index is 5.60. The lowest BCUT2D eigenvalue weighted by molar-refractivity contribution is 0.367. The van der Waals surface area contributed by atoms with Gasteiger partial charge in [0.15, 0.2) is 0 Å². The van der Waals surface area contributed by atoms with Gasteiger partial charge in [0, 0.05) is 6.04 Å². The van der Waals surface area contributed by atoms with Crippen molar-refractivity contribution in [3.05, 3.63) is 29.3 Å². The van der Waals surface area contributed by atoms with Crippen LogP contribution in [0.15, 0.2) is 18.2 Å². The Bertz CT molecular complexity index is 428. The maximum absolute atomic E-state index is 5.60. The third-order valence-electron chi connectivity index (χ3n) is 2.88. The molecule has 1 aromatic rings. The molecule has 0 aliphatic heterocycles. The van der Waals surface area contributed by atoms with Crippen molar-refractivity contribution in [2.75, 3.05) is 13.2 Å². The summed E-state index contributed by atoms with van der Waals surface area (Å²) in [6.07, 6.45) is 1.15. The van der Waals surface area contributed by atoms with Gasteiger partial charge in [-0.3, -0.25) is 0 Å². The largest absolute Gasteiger partial charge is 0.481 e. The van der Waals surface area contributed by atoms with Crippen molar-refractivity contribution in [3.8, 4) is 17.6 Å². The maximum Gasteiger partial charge on any atom is 0.149 e. The smallest absolute Gasteiger partial charge is 0.149 e. The molecular formula is C16H23NO. The Labute approximate surface area is 111 Å². The lowest BCUT2D eigenvalue weighted by Crippen LogP contribution is -2.19. The highest BCUT2D eigenvalue weighted by molar-refractivity contribution is 5.37.